The molecule has 220 valence electrons. The predicted molar refractivity (Wildman–Crippen MR) is 154 cm³/mol. The number of pyridine rings is 2. The van der Waals surface area contributed by atoms with E-state index in [0.29, 0.717) is 24.3 Å². The van der Waals surface area contributed by atoms with Crippen LogP contribution in [-0.4, -0.2) is 56.4 Å². The Hall–Kier alpha value is -5.07. The molecule has 0 bridgehead atoms. The molecule has 0 fully saturated rings. The summed E-state index contributed by atoms with van der Waals surface area (Å²) in [6.45, 7) is 1.14. The molecule has 5 rings (SSSR count). The summed E-state index contributed by atoms with van der Waals surface area (Å²) in [6, 6.07) is 14.2. The van der Waals surface area contributed by atoms with Crippen LogP contribution in [0, 0.1) is 17.5 Å². The highest BCUT2D eigenvalue weighted by Gasteiger charge is 2.17. The van der Waals surface area contributed by atoms with Gasteiger partial charge in [-0.05, 0) is 66.7 Å². The molecule has 0 unspecified atom stereocenters. The van der Waals surface area contributed by atoms with Gasteiger partial charge in [0.15, 0.2) is 11.6 Å². The lowest BCUT2D eigenvalue weighted by molar-refractivity contribution is 0.0949. The van der Waals surface area contributed by atoms with Gasteiger partial charge in [-0.15, -0.1) is 0 Å². The van der Waals surface area contributed by atoms with Crippen LogP contribution in [0.25, 0.3) is 16.8 Å². The molecule has 0 spiro atoms. The molecule has 0 aliphatic rings. The third kappa shape index (κ3) is 6.88. The molecule has 3 aromatic heterocycles. The first-order valence-electron chi connectivity index (χ1n) is 13.3. The van der Waals surface area contributed by atoms with Crippen LogP contribution in [0.1, 0.15) is 32.1 Å². The number of carbonyl (C=O) groups is 2. The molecule has 0 saturated heterocycles. The van der Waals surface area contributed by atoms with E-state index in [4.69, 9.17) is 5.11 Å². The fourth-order valence-corrected chi connectivity index (χ4v) is 4.43. The van der Waals surface area contributed by atoms with Crippen LogP contribution in [0.4, 0.5) is 18.9 Å². The van der Waals surface area contributed by atoms with Crippen LogP contribution < -0.4 is 10.6 Å². The van der Waals surface area contributed by atoms with Gasteiger partial charge in [0, 0.05) is 43.2 Å². The van der Waals surface area contributed by atoms with Gasteiger partial charge in [-0.1, -0.05) is 12.1 Å². The van der Waals surface area contributed by atoms with Crippen molar-refractivity contribution in [2.75, 3.05) is 25.5 Å². The van der Waals surface area contributed by atoms with Crippen LogP contribution in [0.2, 0.25) is 0 Å². The third-order valence-corrected chi connectivity index (χ3v) is 6.73. The van der Waals surface area contributed by atoms with Gasteiger partial charge in [0.25, 0.3) is 11.8 Å². The highest BCUT2D eigenvalue weighted by molar-refractivity contribution is 6.04. The lowest BCUT2D eigenvalue weighted by atomic mass is 10.1. The number of aromatic nitrogens is 3. The zero-order valence-corrected chi connectivity index (χ0v) is 23.0. The number of imidazole rings is 1. The molecule has 3 heterocycles. The average Bonchev–Trinajstić information content (AvgIpc) is 3.43. The number of benzene rings is 2. The van der Waals surface area contributed by atoms with Crippen molar-refractivity contribution in [2.45, 2.75) is 13.1 Å². The van der Waals surface area contributed by atoms with Crippen molar-refractivity contribution in [3.05, 3.63) is 119 Å². The largest absolute Gasteiger partial charge is 0.395 e. The van der Waals surface area contributed by atoms with E-state index < -0.39 is 29.3 Å². The lowest BCUT2D eigenvalue weighted by Gasteiger charge is -2.14. The number of nitrogens with one attached hydrogen (secondary N) is 2. The maximum atomic E-state index is 14.6. The van der Waals surface area contributed by atoms with E-state index in [0.717, 1.165) is 35.0 Å². The molecule has 12 heteroatoms. The van der Waals surface area contributed by atoms with E-state index in [2.05, 4.69) is 20.6 Å². The summed E-state index contributed by atoms with van der Waals surface area (Å²) in [7, 11) is 1.90. The molecule has 0 aliphatic carbocycles. The van der Waals surface area contributed by atoms with Gasteiger partial charge >= 0.3 is 0 Å². The smallest absolute Gasteiger partial charge is 0.274 e. The Labute approximate surface area is 244 Å². The van der Waals surface area contributed by atoms with Crippen molar-refractivity contribution in [2.24, 2.45) is 0 Å². The van der Waals surface area contributed by atoms with E-state index in [1.165, 1.54) is 24.4 Å². The molecule has 2 aromatic carbocycles. The number of anilines is 1. The van der Waals surface area contributed by atoms with Gasteiger partial charge in [0.05, 0.1) is 24.2 Å². The van der Waals surface area contributed by atoms with Crippen LogP contribution in [0.5, 0.6) is 0 Å². The van der Waals surface area contributed by atoms with Crippen molar-refractivity contribution in [3.8, 4) is 11.1 Å². The zero-order valence-electron chi connectivity index (χ0n) is 23.0. The van der Waals surface area contributed by atoms with Crippen molar-refractivity contribution in [3.63, 3.8) is 0 Å². The van der Waals surface area contributed by atoms with Gasteiger partial charge in [0.2, 0.25) is 0 Å². The number of rotatable bonds is 10. The van der Waals surface area contributed by atoms with Gasteiger partial charge in [-0.25, -0.2) is 18.2 Å². The van der Waals surface area contributed by atoms with E-state index in [-0.39, 0.29) is 30.1 Å². The van der Waals surface area contributed by atoms with Crippen LogP contribution >= 0.6 is 0 Å². The number of aliphatic hydroxyl groups is 1. The molecular formula is C31H27F3N6O3. The Balaban J connectivity index is 1.27. The first kappa shape index (κ1) is 29.4. The zero-order chi connectivity index (χ0) is 30.5. The predicted octanol–water partition coefficient (Wildman–Crippen LogP) is 4.42. The Morgan fingerprint density at radius 2 is 1.70 bits per heavy atom. The molecule has 9 nitrogen and oxygen atoms in total. The molecule has 0 atom stereocenters. The first-order chi connectivity index (χ1) is 20.7. The number of hydrogen-bond acceptors (Lipinski definition) is 6. The summed E-state index contributed by atoms with van der Waals surface area (Å²) in [6.07, 6.45) is 4.78. The second-order valence-electron chi connectivity index (χ2n) is 9.87. The molecule has 0 saturated carbocycles. The summed E-state index contributed by atoms with van der Waals surface area (Å²) in [4.78, 5) is 36.5. The molecule has 2 amide bonds. The number of nitrogens with zero attached hydrogens (tertiary/aromatic N) is 4. The summed E-state index contributed by atoms with van der Waals surface area (Å²) >= 11 is 0. The topological polar surface area (TPSA) is 112 Å². The standard InChI is InChI=1S/C31H27F3N6O3/c1-39(10-11-41)18-23-5-3-22(16-35-23)20-8-9-40-28(17-36-29(40)14-20)31(43)38-27-13-21(4-7-25(27)33)30(42)37-15-19-2-6-24(32)26(34)12-19/h2-9,12-14,16-17,41H,10-11,15,18H2,1H3,(H,37,42)(H,38,43). The number of halogens is 3. The molecular weight excluding hydrogens is 561 g/mol. The minimum atomic E-state index is -1.03. The summed E-state index contributed by atoms with van der Waals surface area (Å²) in [5, 5.41) is 14.1. The number of fused-ring (bicyclic) bond motifs is 1. The van der Waals surface area contributed by atoms with Crippen molar-refractivity contribution in [1.29, 1.82) is 0 Å². The number of likely N-dealkylation sites (N-methyl/N-ethyl adjacent to an activating group) is 1. The Morgan fingerprint density at radius 3 is 2.44 bits per heavy atom. The number of hydrogen-bond donors (Lipinski definition) is 3. The highest BCUT2D eigenvalue weighted by Crippen LogP contribution is 2.23. The lowest BCUT2D eigenvalue weighted by Crippen LogP contribution is -2.23. The van der Waals surface area contributed by atoms with E-state index >= 15 is 0 Å². The third-order valence-electron chi connectivity index (χ3n) is 6.73. The van der Waals surface area contributed by atoms with Gasteiger partial charge in [0.1, 0.15) is 17.2 Å². The molecule has 5 aromatic rings. The molecule has 0 aliphatic heterocycles. The highest BCUT2D eigenvalue weighted by atomic mass is 19.2. The maximum Gasteiger partial charge on any atom is 0.274 e. The van der Waals surface area contributed by atoms with E-state index in [1.54, 1.807) is 28.9 Å². The van der Waals surface area contributed by atoms with Gasteiger partial charge in [-0.3, -0.25) is 23.9 Å². The average molecular weight is 589 g/mol. The van der Waals surface area contributed by atoms with E-state index in [9.17, 15) is 22.8 Å². The number of carbonyl (C=O) groups excluding carboxylic acids is 2. The van der Waals surface area contributed by atoms with Crippen LogP contribution in [0.15, 0.2) is 79.3 Å². The molecule has 3 N–H and O–H groups in total. The number of aliphatic hydroxyl groups excluding tert-OH is 1. The molecule has 43 heavy (non-hydrogen) atoms. The van der Waals surface area contributed by atoms with Crippen molar-refractivity contribution < 1.29 is 27.9 Å². The van der Waals surface area contributed by atoms with Crippen LogP contribution in [-0.2, 0) is 13.1 Å². The quantitative estimate of drug-likeness (QED) is 0.223. The Kier molecular flexibility index (Phi) is 8.79. The van der Waals surface area contributed by atoms with Gasteiger partial charge in [-0.2, -0.15) is 0 Å². The summed E-state index contributed by atoms with van der Waals surface area (Å²) in [5.41, 5.74) is 3.36. The normalized spacial score (nSPS) is 11.2. The van der Waals surface area contributed by atoms with Crippen molar-refractivity contribution >= 4 is 23.1 Å². The van der Waals surface area contributed by atoms with Crippen molar-refractivity contribution in [1.82, 2.24) is 24.6 Å². The fraction of sp³-hybridized carbons (Fsp3) is 0.161. The second kappa shape index (κ2) is 12.8. The van der Waals surface area contributed by atoms with Gasteiger partial charge < -0.3 is 15.7 Å². The summed E-state index contributed by atoms with van der Waals surface area (Å²) in [5.74, 6) is -4.02. The number of amides is 2. The van der Waals surface area contributed by atoms with E-state index in [1.807, 2.05) is 24.1 Å². The second-order valence-corrected chi connectivity index (χ2v) is 9.87. The summed E-state index contributed by atoms with van der Waals surface area (Å²) < 4.78 is 42.7. The molecule has 0 radical (unpaired) electrons. The Morgan fingerprint density at radius 1 is 0.884 bits per heavy atom. The monoisotopic (exact) mass is 588 g/mol. The first-order valence-corrected chi connectivity index (χ1v) is 13.3. The fourth-order valence-electron chi connectivity index (χ4n) is 4.43. The van der Waals surface area contributed by atoms with Crippen LogP contribution in [0.3, 0.4) is 0 Å². The maximum absolute atomic E-state index is 14.6. The Bertz CT molecular complexity index is 1790. The minimum Gasteiger partial charge on any atom is -0.395 e. The minimum absolute atomic E-state index is 0.0572. The SMILES string of the molecule is CN(CCO)Cc1ccc(-c2ccn3c(C(=O)Nc4cc(C(=O)NCc5ccc(F)c(F)c5)ccc4F)cnc3c2)cn1.